The third-order valence-corrected chi connectivity index (χ3v) is 11.0. The van der Waals surface area contributed by atoms with Gasteiger partial charge in [-0.05, 0) is 74.7 Å². The van der Waals surface area contributed by atoms with Gasteiger partial charge in [0.2, 0.25) is 0 Å². The summed E-state index contributed by atoms with van der Waals surface area (Å²) in [5.74, 6) is -6.14. The van der Waals surface area contributed by atoms with E-state index in [4.69, 9.17) is 0 Å². The lowest BCUT2D eigenvalue weighted by molar-refractivity contribution is 0.00211. The van der Waals surface area contributed by atoms with E-state index < -0.39 is 53.3 Å². The van der Waals surface area contributed by atoms with Gasteiger partial charge in [0, 0.05) is 55.9 Å². The molecule has 0 aromatic heterocycles. The maximum atomic E-state index is 14.3. The lowest BCUT2D eigenvalue weighted by Gasteiger charge is -2.39. The van der Waals surface area contributed by atoms with Gasteiger partial charge in [-0.1, -0.05) is 40.0 Å². The number of hydrogen-bond acceptors (Lipinski definition) is 8. The summed E-state index contributed by atoms with van der Waals surface area (Å²) in [6.07, 6.45) is 3.42. The third kappa shape index (κ3) is 4.20. The number of amides is 8. The van der Waals surface area contributed by atoms with Gasteiger partial charge in [-0.25, -0.2) is 0 Å². The molecule has 262 valence electrons. The molecule has 8 amide bonds. The van der Waals surface area contributed by atoms with Crippen LogP contribution < -0.4 is 0 Å². The van der Waals surface area contributed by atoms with E-state index in [0.717, 1.165) is 19.3 Å². The Labute approximate surface area is 297 Å². The molecule has 0 spiro atoms. The molecule has 4 aliphatic heterocycles. The van der Waals surface area contributed by atoms with Crippen molar-refractivity contribution in [2.24, 2.45) is 5.92 Å². The lowest BCUT2D eigenvalue weighted by Crippen LogP contribution is -2.58. The summed E-state index contributed by atoms with van der Waals surface area (Å²) >= 11 is 0. The summed E-state index contributed by atoms with van der Waals surface area (Å²) in [5.41, 5.74) is 0.415. The average Bonchev–Trinajstić information content (AvgIpc) is 3.12. The summed E-state index contributed by atoms with van der Waals surface area (Å²) in [4.78, 5) is 114. The van der Waals surface area contributed by atoms with E-state index in [9.17, 15) is 38.4 Å². The first kappa shape index (κ1) is 33.1. The molecule has 2 unspecified atom stereocenters. The highest BCUT2D eigenvalue weighted by atomic mass is 16.2. The van der Waals surface area contributed by atoms with Gasteiger partial charge >= 0.3 is 0 Å². The van der Waals surface area contributed by atoms with Crippen molar-refractivity contribution in [2.45, 2.75) is 72.4 Å². The maximum Gasteiger partial charge on any atom is 0.281 e. The van der Waals surface area contributed by atoms with Crippen molar-refractivity contribution in [3.63, 3.8) is 0 Å². The zero-order chi connectivity index (χ0) is 37.1. The van der Waals surface area contributed by atoms with Crippen LogP contribution in [-0.4, -0.2) is 79.2 Å². The predicted molar refractivity (Wildman–Crippen MR) is 188 cm³/mol. The van der Waals surface area contributed by atoms with Gasteiger partial charge in [-0.3, -0.25) is 48.2 Å². The van der Waals surface area contributed by atoms with Crippen molar-refractivity contribution < 1.29 is 38.4 Å². The first-order valence-electron chi connectivity index (χ1n) is 17.5. The second kappa shape index (κ2) is 11.5. The molecule has 0 bridgehead atoms. The number of unbranched alkanes of at least 4 members (excludes halogenated alkanes) is 2. The van der Waals surface area contributed by atoms with Crippen molar-refractivity contribution in [1.29, 1.82) is 0 Å². The van der Waals surface area contributed by atoms with Crippen molar-refractivity contribution in [2.75, 3.05) is 0 Å². The highest BCUT2D eigenvalue weighted by Crippen LogP contribution is 2.42. The van der Waals surface area contributed by atoms with Gasteiger partial charge in [-0.2, -0.15) is 10.0 Å². The van der Waals surface area contributed by atoms with E-state index in [2.05, 4.69) is 6.92 Å². The maximum absolute atomic E-state index is 14.3. The molecule has 12 heteroatoms. The molecule has 8 rings (SSSR count). The van der Waals surface area contributed by atoms with Gasteiger partial charge in [0.15, 0.2) is 0 Å². The van der Waals surface area contributed by atoms with Crippen molar-refractivity contribution in [1.82, 2.24) is 19.8 Å². The summed E-state index contributed by atoms with van der Waals surface area (Å²) in [6.45, 7) is 9.45. The number of carbonyl (C=O) groups excluding carboxylic acids is 8. The molecule has 0 saturated heterocycles. The molecule has 0 aliphatic carbocycles. The molecule has 4 aromatic carbocycles. The van der Waals surface area contributed by atoms with Gasteiger partial charge < -0.3 is 0 Å². The molecule has 4 aromatic rings. The van der Waals surface area contributed by atoms with Crippen LogP contribution in [0.15, 0.2) is 48.5 Å². The summed E-state index contributed by atoms with van der Waals surface area (Å²) < 4.78 is 0. The first-order valence-corrected chi connectivity index (χ1v) is 17.5. The van der Waals surface area contributed by atoms with Crippen LogP contribution in [0.3, 0.4) is 0 Å². The number of carbonyl (C=O) groups is 8. The molecule has 52 heavy (non-hydrogen) atoms. The van der Waals surface area contributed by atoms with Gasteiger partial charge in [-0.15, -0.1) is 0 Å². The normalized spacial score (nSPS) is 17.8. The van der Waals surface area contributed by atoms with E-state index in [1.165, 1.54) is 58.3 Å². The van der Waals surface area contributed by atoms with Crippen LogP contribution >= 0.6 is 0 Å². The Balaban J connectivity index is 1.20. The topological polar surface area (TPSA) is 150 Å². The second-order valence-corrected chi connectivity index (χ2v) is 14.3. The van der Waals surface area contributed by atoms with Crippen LogP contribution in [0.1, 0.15) is 143 Å². The minimum atomic E-state index is -0.993. The Bertz CT molecular complexity index is 2290. The summed E-state index contributed by atoms with van der Waals surface area (Å²) in [6, 6.07) is 10.4. The molecular weight excluding hydrogens is 664 g/mol. The van der Waals surface area contributed by atoms with Gasteiger partial charge in [0.25, 0.3) is 47.3 Å². The number of nitrogens with zero attached hydrogens (tertiary/aromatic N) is 4. The van der Waals surface area contributed by atoms with Crippen molar-refractivity contribution in [3.8, 4) is 0 Å². The Hall–Kier alpha value is -6.04. The smallest absolute Gasteiger partial charge is 0.272 e. The Morgan fingerprint density at radius 2 is 0.712 bits per heavy atom. The standard InChI is InChI=1S/C40H34N4O8/c1-6-7-8-9-19(4)41-33(45)21-10-14-25-31-26(15-11-22(29(21)31)34(41)46)38(50)43(37(25)49)44-39(51)27-16-12-23-30-24(13-17-28(32(27)30)40(44)52)36(48)42(35(23)47)20(5)18(2)3/h10-20H,6-9H2,1-5H3. The fourth-order valence-electron chi connectivity index (χ4n) is 8.01. The molecule has 0 N–H and O–H groups in total. The minimum Gasteiger partial charge on any atom is -0.272 e. The average molecular weight is 699 g/mol. The Morgan fingerprint density at radius 3 is 1.00 bits per heavy atom. The van der Waals surface area contributed by atoms with E-state index >= 15 is 0 Å². The Kier molecular flexibility index (Phi) is 7.32. The molecule has 0 fully saturated rings. The molecule has 4 aliphatic rings. The summed E-state index contributed by atoms with van der Waals surface area (Å²) in [7, 11) is 0. The van der Waals surface area contributed by atoms with Crippen molar-refractivity contribution in [3.05, 3.63) is 93.0 Å². The van der Waals surface area contributed by atoms with Gasteiger partial charge in [0.1, 0.15) is 0 Å². The number of benzene rings is 4. The van der Waals surface area contributed by atoms with E-state index in [1.807, 2.05) is 20.8 Å². The molecular formula is C40H34N4O8. The predicted octanol–water partition coefficient (Wildman–Crippen LogP) is 6.01. The fraction of sp³-hybridized carbons (Fsp3) is 0.300. The molecule has 2 atom stereocenters. The van der Waals surface area contributed by atoms with E-state index in [1.54, 1.807) is 6.92 Å². The van der Waals surface area contributed by atoms with E-state index in [0.29, 0.717) is 16.4 Å². The molecule has 0 saturated carbocycles. The largest absolute Gasteiger partial charge is 0.281 e. The zero-order valence-corrected chi connectivity index (χ0v) is 29.2. The number of hydrogen-bond donors (Lipinski definition) is 0. The zero-order valence-electron chi connectivity index (χ0n) is 29.2. The van der Waals surface area contributed by atoms with E-state index in [-0.39, 0.29) is 78.0 Å². The van der Waals surface area contributed by atoms with Crippen LogP contribution in [0.4, 0.5) is 0 Å². The fourth-order valence-corrected chi connectivity index (χ4v) is 8.01. The van der Waals surface area contributed by atoms with Crippen molar-refractivity contribution >= 4 is 68.8 Å². The SMILES string of the molecule is CCCCCC(C)N1C(=O)c2ccc3c4c(ccc(c24)C1=O)C(=O)N(N1C(=O)c2ccc4c5c(ccc(c25)C1=O)C(=O)N(C(C)C(C)C)C4=O)C3=O. The number of imide groups is 4. The second-order valence-electron chi connectivity index (χ2n) is 14.3. The minimum absolute atomic E-state index is 0.0321. The van der Waals surface area contributed by atoms with Crippen LogP contribution in [0, 0.1) is 5.92 Å². The summed E-state index contributed by atoms with van der Waals surface area (Å²) in [5, 5.41) is 1.53. The van der Waals surface area contributed by atoms with Crippen LogP contribution in [-0.2, 0) is 0 Å². The first-order chi connectivity index (χ1) is 24.8. The van der Waals surface area contributed by atoms with Gasteiger partial charge in [0.05, 0.1) is 22.3 Å². The van der Waals surface area contributed by atoms with Crippen LogP contribution in [0.5, 0.6) is 0 Å². The molecule has 0 radical (unpaired) electrons. The molecule has 4 heterocycles. The number of rotatable bonds is 8. The molecule has 12 nitrogen and oxygen atoms in total. The quantitative estimate of drug-likeness (QED) is 0.161. The Morgan fingerprint density at radius 1 is 0.423 bits per heavy atom. The third-order valence-electron chi connectivity index (χ3n) is 11.0. The highest BCUT2D eigenvalue weighted by Gasteiger charge is 2.49. The highest BCUT2D eigenvalue weighted by molar-refractivity contribution is 6.37. The van der Waals surface area contributed by atoms with Crippen LogP contribution in [0.25, 0.3) is 21.5 Å². The van der Waals surface area contributed by atoms with Crippen LogP contribution in [0.2, 0.25) is 0 Å². The number of hydrazine groups is 1. The lowest BCUT2D eigenvalue weighted by atomic mass is 9.84. The monoisotopic (exact) mass is 698 g/mol.